The number of carbonyl (C=O) groups excluding carboxylic acids is 5. The molecule has 11 nitrogen and oxygen atoms in total. The Morgan fingerprint density at radius 3 is 1.85 bits per heavy atom. The number of aldehydes is 1. The van der Waals surface area contributed by atoms with Crippen molar-refractivity contribution in [2.45, 2.75) is 136 Å². The fraction of sp³-hybridized carbons (Fsp3) is 0.857. The molecule has 0 bridgehead atoms. The molecule has 4 rings (SSSR count). The maximum Gasteiger partial charge on any atom is 0.407 e. The molecular weight excluding hydrogens is 586 g/mol. The van der Waals surface area contributed by atoms with Crippen LogP contribution in [0.1, 0.15) is 118 Å². The summed E-state index contributed by atoms with van der Waals surface area (Å²) in [7, 11) is 4.29. The zero-order valence-electron chi connectivity index (χ0n) is 30.1. The first-order valence-electron chi connectivity index (χ1n) is 17.7. The molecule has 11 heteroatoms. The lowest BCUT2D eigenvalue weighted by Gasteiger charge is -2.32. The van der Waals surface area contributed by atoms with E-state index in [0.717, 1.165) is 25.7 Å². The molecule has 1 heterocycles. The quantitative estimate of drug-likeness (QED) is 0.196. The number of alkyl carbamates (subject to hydrolysis) is 1. The van der Waals surface area contributed by atoms with Crippen LogP contribution in [-0.2, 0) is 23.9 Å². The van der Waals surface area contributed by atoms with Crippen LogP contribution in [0, 0.1) is 29.6 Å². The van der Waals surface area contributed by atoms with Gasteiger partial charge in [-0.3, -0.25) is 19.2 Å². The van der Waals surface area contributed by atoms with Crippen LogP contribution in [0.3, 0.4) is 0 Å². The maximum atomic E-state index is 13.9. The summed E-state index contributed by atoms with van der Waals surface area (Å²) in [6.45, 7) is 11.0. The number of nitrogens with zero attached hydrogens (tertiary/aromatic N) is 1. The van der Waals surface area contributed by atoms with E-state index in [2.05, 4.69) is 49.8 Å². The molecule has 3 aliphatic carbocycles. The van der Waals surface area contributed by atoms with Gasteiger partial charge in [0.25, 0.3) is 0 Å². The Kier molecular flexibility index (Phi) is 23.3. The SMILES string of the molecule is CCC.CCC.CN.CN.COC(=O)NC(C(=O)N1C[C@H](C)CC1C(=O)NC(CC(=O)C=O)CC1CC1)C1CC2CCCCC2C1. The van der Waals surface area contributed by atoms with Crippen LogP contribution < -0.4 is 22.1 Å². The second-order valence-corrected chi connectivity index (χ2v) is 13.1. The largest absolute Gasteiger partial charge is 0.453 e. The molecule has 0 radical (unpaired) electrons. The van der Waals surface area contributed by atoms with Gasteiger partial charge in [0, 0.05) is 19.0 Å². The molecule has 0 aromatic rings. The lowest BCUT2D eigenvalue weighted by molar-refractivity contribution is -0.141. The number of amides is 3. The van der Waals surface area contributed by atoms with E-state index in [1.165, 1.54) is 59.7 Å². The number of methoxy groups -OCH3 is 1. The summed E-state index contributed by atoms with van der Waals surface area (Å²) < 4.78 is 4.85. The van der Waals surface area contributed by atoms with Gasteiger partial charge in [0.15, 0.2) is 12.1 Å². The van der Waals surface area contributed by atoms with Gasteiger partial charge in [-0.25, -0.2) is 4.79 Å². The summed E-state index contributed by atoms with van der Waals surface area (Å²) in [6.07, 6.45) is 12.1. The van der Waals surface area contributed by atoms with Crippen molar-refractivity contribution in [1.29, 1.82) is 0 Å². The van der Waals surface area contributed by atoms with Gasteiger partial charge < -0.3 is 31.7 Å². The number of fused-ring (bicyclic) bond motifs is 1. The predicted molar refractivity (Wildman–Crippen MR) is 184 cm³/mol. The second kappa shape index (κ2) is 24.6. The van der Waals surface area contributed by atoms with E-state index in [1.54, 1.807) is 4.90 Å². The molecule has 5 unspecified atom stereocenters. The third kappa shape index (κ3) is 14.9. The standard InChI is InChI=1S/C27H41N3O6.2C3H8.2CH5N/c1-16-9-23(25(33)28-21(10-17-7-8-17)13-22(32)15-31)30(14-16)26(34)24(29-27(35)36-2)20-11-18-5-3-4-6-19(18)12-20;2*1-3-2;2*1-2/h15-21,23-24H,3-14H2,1-2H3,(H,28,33)(H,29,35);2*3H2,1-2H3;2*2H2,1H3/t16-,18?,19?,20?,21?,23?,24?;;;;/m1..../s1. The first kappa shape index (κ1) is 43.5. The van der Waals surface area contributed by atoms with Crippen molar-refractivity contribution in [2.24, 2.45) is 41.1 Å². The Balaban J connectivity index is 0.00000182. The zero-order chi connectivity index (χ0) is 35.2. The van der Waals surface area contributed by atoms with Gasteiger partial charge in [-0.2, -0.15) is 0 Å². The summed E-state index contributed by atoms with van der Waals surface area (Å²) in [5.41, 5.74) is 9.00. The minimum Gasteiger partial charge on any atom is -0.453 e. The number of nitrogens with one attached hydrogen (secondary N) is 2. The van der Waals surface area contributed by atoms with Crippen LogP contribution in [0.25, 0.3) is 0 Å². The smallest absolute Gasteiger partial charge is 0.407 e. The molecule has 0 aromatic carbocycles. The molecule has 1 aliphatic heterocycles. The van der Waals surface area contributed by atoms with Crippen LogP contribution in [0.15, 0.2) is 0 Å². The second-order valence-electron chi connectivity index (χ2n) is 13.1. The van der Waals surface area contributed by atoms with E-state index in [9.17, 15) is 24.0 Å². The Labute approximate surface area is 279 Å². The molecule has 3 amide bonds. The Morgan fingerprint density at radius 2 is 1.39 bits per heavy atom. The Morgan fingerprint density at radius 1 is 0.870 bits per heavy atom. The molecule has 6 atom stereocenters. The number of Topliss-reactive ketones (excluding diaryl/α,β-unsaturated/α-hetero) is 1. The van der Waals surface area contributed by atoms with Crippen molar-refractivity contribution in [3.05, 3.63) is 0 Å². The molecule has 0 spiro atoms. The molecule has 268 valence electrons. The van der Waals surface area contributed by atoms with E-state index in [4.69, 9.17) is 4.74 Å². The van der Waals surface area contributed by atoms with E-state index in [1.807, 2.05) is 6.92 Å². The normalized spacial score (nSPS) is 25.4. The van der Waals surface area contributed by atoms with Gasteiger partial charge in [0.2, 0.25) is 11.8 Å². The highest BCUT2D eigenvalue weighted by Gasteiger charge is 2.47. The number of nitrogens with two attached hydrogens (primary N) is 2. The third-order valence-corrected chi connectivity index (χ3v) is 8.81. The van der Waals surface area contributed by atoms with Crippen LogP contribution in [-0.4, -0.2) is 80.8 Å². The molecule has 6 N–H and O–H groups in total. The molecule has 1 saturated heterocycles. The number of hydrogen-bond acceptors (Lipinski definition) is 8. The van der Waals surface area contributed by atoms with Crippen molar-refractivity contribution < 1.29 is 28.7 Å². The predicted octanol–water partition coefficient (Wildman–Crippen LogP) is 4.59. The number of ketones is 1. The van der Waals surface area contributed by atoms with Crippen LogP contribution in [0.4, 0.5) is 4.79 Å². The third-order valence-electron chi connectivity index (χ3n) is 8.81. The summed E-state index contributed by atoms with van der Waals surface area (Å²) in [5.74, 6) is 0.769. The molecule has 4 aliphatic rings. The molecule has 0 aromatic heterocycles. The number of hydrogen-bond donors (Lipinski definition) is 4. The van der Waals surface area contributed by atoms with Crippen molar-refractivity contribution in [2.75, 3.05) is 27.7 Å². The Bertz CT molecular complexity index is 883. The number of rotatable bonds is 10. The highest BCUT2D eigenvalue weighted by molar-refractivity contribution is 6.25. The number of carbonyl (C=O) groups is 5. The molecule has 4 fully saturated rings. The van der Waals surface area contributed by atoms with Gasteiger partial charge in [-0.05, 0) is 69.4 Å². The fourth-order valence-corrected chi connectivity index (χ4v) is 6.87. The van der Waals surface area contributed by atoms with E-state index >= 15 is 0 Å². The number of ether oxygens (including phenoxy) is 1. The van der Waals surface area contributed by atoms with Gasteiger partial charge in [0.1, 0.15) is 12.1 Å². The average molecular weight is 654 g/mol. The van der Waals surface area contributed by atoms with E-state index in [-0.39, 0.29) is 30.1 Å². The van der Waals surface area contributed by atoms with Crippen LogP contribution in [0.2, 0.25) is 0 Å². The lowest BCUT2D eigenvalue weighted by atomic mass is 9.82. The van der Waals surface area contributed by atoms with Crippen LogP contribution >= 0.6 is 0 Å². The first-order chi connectivity index (χ1) is 22.1. The zero-order valence-corrected chi connectivity index (χ0v) is 30.1. The highest BCUT2D eigenvalue weighted by atomic mass is 16.5. The minimum atomic E-state index is -0.720. The van der Waals surface area contributed by atoms with Crippen LogP contribution in [0.5, 0.6) is 0 Å². The molecule has 46 heavy (non-hydrogen) atoms. The van der Waals surface area contributed by atoms with Gasteiger partial charge >= 0.3 is 6.09 Å². The fourth-order valence-electron chi connectivity index (χ4n) is 6.87. The van der Waals surface area contributed by atoms with Crippen molar-refractivity contribution in [3.8, 4) is 0 Å². The lowest BCUT2D eigenvalue weighted by Crippen LogP contribution is -2.56. The summed E-state index contributed by atoms with van der Waals surface area (Å²) in [5, 5.41) is 5.79. The van der Waals surface area contributed by atoms with Gasteiger partial charge in [-0.1, -0.05) is 86.0 Å². The van der Waals surface area contributed by atoms with Crippen molar-refractivity contribution >= 4 is 30.0 Å². The first-order valence-corrected chi connectivity index (χ1v) is 17.7. The highest BCUT2D eigenvalue weighted by Crippen LogP contribution is 2.46. The van der Waals surface area contributed by atoms with Crippen molar-refractivity contribution in [1.82, 2.24) is 15.5 Å². The van der Waals surface area contributed by atoms with Crippen molar-refractivity contribution in [3.63, 3.8) is 0 Å². The van der Waals surface area contributed by atoms with E-state index in [0.29, 0.717) is 43.4 Å². The molecular formula is C35H67N5O6. The minimum absolute atomic E-state index is 0.0146. The maximum absolute atomic E-state index is 13.9. The van der Waals surface area contributed by atoms with E-state index < -0.39 is 30.0 Å². The van der Waals surface area contributed by atoms with Gasteiger partial charge in [-0.15, -0.1) is 0 Å². The topological polar surface area (TPSA) is 174 Å². The average Bonchev–Trinajstić information content (AvgIpc) is 3.62. The van der Waals surface area contributed by atoms with Gasteiger partial charge in [0.05, 0.1) is 7.11 Å². The Hall–Kier alpha value is -2.53. The summed E-state index contributed by atoms with van der Waals surface area (Å²) in [4.78, 5) is 63.9. The summed E-state index contributed by atoms with van der Waals surface area (Å²) in [6, 6.07) is -1.79. The monoisotopic (exact) mass is 654 g/mol. The number of likely N-dealkylation sites (tertiary alicyclic amines) is 1. The molecule has 3 saturated carbocycles. The summed E-state index contributed by atoms with van der Waals surface area (Å²) >= 11 is 0.